The quantitative estimate of drug-likeness (QED) is 0.720. The van der Waals surface area contributed by atoms with Crippen LogP contribution < -0.4 is 5.73 Å². The summed E-state index contributed by atoms with van der Waals surface area (Å²) < 4.78 is 36.9. The van der Waals surface area contributed by atoms with Crippen LogP contribution in [0.3, 0.4) is 0 Å². The molecule has 1 heterocycles. The molecule has 0 atom stereocenters. The Morgan fingerprint density at radius 3 is 2.62 bits per heavy atom. The number of anilines is 1. The number of hydrogen-bond acceptors (Lipinski definition) is 3. The van der Waals surface area contributed by atoms with Gasteiger partial charge in [-0.15, -0.1) is 0 Å². The maximum absolute atomic E-state index is 12.8. The monoisotopic (exact) mass is 190 g/mol. The lowest BCUT2D eigenvalue weighted by Crippen LogP contribution is -2.04. The van der Waals surface area contributed by atoms with Gasteiger partial charge in [0.15, 0.2) is 12.1 Å². The number of aldehydes is 1. The number of nitrogen functional groups attached to an aromatic ring is 1. The number of alkyl halides is 2. The van der Waals surface area contributed by atoms with Crippen molar-refractivity contribution in [3.63, 3.8) is 0 Å². The Kier molecular flexibility index (Phi) is 2.50. The van der Waals surface area contributed by atoms with Crippen LogP contribution in [0.5, 0.6) is 0 Å². The van der Waals surface area contributed by atoms with Gasteiger partial charge in [-0.05, 0) is 6.07 Å². The molecular formula is C7H5F3N2O. The lowest BCUT2D eigenvalue weighted by Gasteiger charge is -2.03. The standard InChI is InChI=1S/C7H5F3N2O/c8-5-4(11)1-3(2-13)12-6(5)7(9)10/h1-2,7H,(H2,11,12). The SMILES string of the molecule is Nc1cc(C=O)nc(C(F)F)c1F. The molecule has 70 valence electrons. The Labute approximate surface area is 71.4 Å². The van der Waals surface area contributed by atoms with Crippen LogP contribution >= 0.6 is 0 Å². The van der Waals surface area contributed by atoms with E-state index >= 15 is 0 Å². The first kappa shape index (κ1) is 9.50. The molecule has 6 heteroatoms. The molecule has 0 aliphatic carbocycles. The predicted molar refractivity (Wildman–Crippen MR) is 39.0 cm³/mol. The summed E-state index contributed by atoms with van der Waals surface area (Å²) in [6, 6.07) is 0.897. The maximum Gasteiger partial charge on any atom is 0.283 e. The molecule has 0 aliphatic heterocycles. The van der Waals surface area contributed by atoms with Gasteiger partial charge in [0.05, 0.1) is 5.69 Å². The van der Waals surface area contributed by atoms with E-state index in [4.69, 9.17) is 5.73 Å². The van der Waals surface area contributed by atoms with Gasteiger partial charge in [0.2, 0.25) is 0 Å². The largest absolute Gasteiger partial charge is 0.396 e. The smallest absolute Gasteiger partial charge is 0.283 e. The third kappa shape index (κ3) is 1.77. The van der Waals surface area contributed by atoms with Gasteiger partial charge >= 0.3 is 0 Å². The fraction of sp³-hybridized carbons (Fsp3) is 0.143. The Morgan fingerprint density at radius 2 is 2.15 bits per heavy atom. The zero-order valence-corrected chi connectivity index (χ0v) is 6.30. The van der Waals surface area contributed by atoms with Crippen LogP contribution in [0.4, 0.5) is 18.9 Å². The van der Waals surface area contributed by atoms with Crippen LogP contribution in [0.2, 0.25) is 0 Å². The van der Waals surface area contributed by atoms with Crippen molar-refractivity contribution in [2.24, 2.45) is 0 Å². The minimum Gasteiger partial charge on any atom is -0.396 e. The van der Waals surface area contributed by atoms with Crippen LogP contribution in [0, 0.1) is 5.82 Å². The number of halogens is 3. The summed E-state index contributed by atoms with van der Waals surface area (Å²) in [4.78, 5) is 13.2. The Balaban J connectivity index is 3.32. The number of hydrogen-bond donors (Lipinski definition) is 1. The molecule has 3 nitrogen and oxygen atoms in total. The summed E-state index contributed by atoms with van der Waals surface area (Å²) in [6.45, 7) is 0. The molecule has 0 bridgehead atoms. The molecule has 1 aromatic rings. The molecule has 0 unspecified atom stereocenters. The summed E-state index contributed by atoms with van der Waals surface area (Å²) in [6.07, 6.45) is -2.86. The van der Waals surface area contributed by atoms with Crippen LogP contribution in [0.25, 0.3) is 0 Å². The lowest BCUT2D eigenvalue weighted by atomic mass is 10.2. The fourth-order valence-electron chi connectivity index (χ4n) is 0.796. The molecule has 0 saturated heterocycles. The van der Waals surface area contributed by atoms with Gasteiger partial charge in [-0.2, -0.15) is 0 Å². The zero-order chi connectivity index (χ0) is 10.0. The summed E-state index contributed by atoms with van der Waals surface area (Å²) in [5.41, 5.74) is 3.11. The molecule has 0 radical (unpaired) electrons. The molecular weight excluding hydrogens is 185 g/mol. The number of pyridine rings is 1. The van der Waals surface area contributed by atoms with Crippen LogP contribution in [-0.2, 0) is 0 Å². The number of nitrogens with two attached hydrogens (primary N) is 1. The molecule has 0 spiro atoms. The van der Waals surface area contributed by atoms with Crippen molar-refractivity contribution < 1.29 is 18.0 Å². The molecule has 1 rings (SSSR count). The van der Waals surface area contributed by atoms with Crippen molar-refractivity contribution in [1.29, 1.82) is 0 Å². The molecule has 1 aromatic heterocycles. The van der Waals surface area contributed by atoms with Crippen molar-refractivity contribution in [2.45, 2.75) is 6.43 Å². The summed E-state index contributed by atoms with van der Waals surface area (Å²) >= 11 is 0. The van der Waals surface area contributed by atoms with Crippen molar-refractivity contribution in [2.75, 3.05) is 5.73 Å². The van der Waals surface area contributed by atoms with Crippen LogP contribution in [0.15, 0.2) is 6.07 Å². The van der Waals surface area contributed by atoms with E-state index in [0.717, 1.165) is 6.07 Å². The fourth-order valence-corrected chi connectivity index (χ4v) is 0.796. The average Bonchev–Trinajstić information content (AvgIpc) is 2.09. The molecule has 2 N–H and O–H groups in total. The highest BCUT2D eigenvalue weighted by Crippen LogP contribution is 2.23. The van der Waals surface area contributed by atoms with Gasteiger partial charge in [0, 0.05) is 0 Å². The van der Waals surface area contributed by atoms with Crippen molar-refractivity contribution >= 4 is 12.0 Å². The zero-order valence-electron chi connectivity index (χ0n) is 6.30. The van der Waals surface area contributed by atoms with E-state index in [0.29, 0.717) is 0 Å². The normalized spacial score (nSPS) is 10.5. The Bertz CT molecular complexity index is 341. The molecule has 0 saturated carbocycles. The minimum absolute atomic E-state index is 0.224. The van der Waals surface area contributed by atoms with Gasteiger partial charge in [-0.25, -0.2) is 18.2 Å². The van der Waals surface area contributed by atoms with E-state index in [9.17, 15) is 18.0 Å². The van der Waals surface area contributed by atoms with Crippen molar-refractivity contribution in [3.05, 3.63) is 23.3 Å². The highest BCUT2D eigenvalue weighted by atomic mass is 19.3. The lowest BCUT2D eigenvalue weighted by molar-refractivity contribution is 0.111. The van der Waals surface area contributed by atoms with Crippen LogP contribution in [0.1, 0.15) is 22.6 Å². The first-order chi connectivity index (χ1) is 6.06. The highest BCUT2D eigenvalue weighted by Gasteiger charge is 2.18. The predicted octanol–water partition coefficient (Wildman–Crippen LogP) is 1.55. The third-order valence-electron chi connectivity index (χ3n) is 1.36. The number of aromatic nitrogens is 1. The number of carbonyl (C=O) groups excluding carboxylic acids is 1. The number of carbonyl (C=O) groups is 1. The third-order valence-corrected chi connectivity index (χ3v) is 1.36. The van der Waals surface area contributed by atoms with E-state index < -0.39 is 23.6 Å². The summed E-state index contributed by atoms with van der Waals surface area (Å²) in [5, 5.41) is 0. The summed E-state index contributed by atoms with van der Waals surface area (Å²) in [7, 11) is 0. The molecule has 0 amide bonds. The molecule has 0 fully saturated rings. The van der Waals surface area contributed by atoms with Crippen LogP contribution in [-0.4, -0.2) is 11.3 Å². The molecule has 13 heavy (non-hydrogen) atoms. The van der Waals surface area contributed by atoms with E-state index in [1.807, 2.05) is 0 Å². The molecule has 0 aromatic carbocycles. The van der Waals surface area contributed by atoms with E-state index in [-0.39, 0.29) is 12.0 Å². The first-order valence-corrected chi connectivity index (χ1v) is 3.25. The van der Waals surface area contributed by atoms with Crippen molar-refractivity contribution in [1.82, 2.24) is 4.98 Å². The van der Waals surface area contributed by atoms with Gasteiger partial charge in [-0.1, -0.05) is 0 Å². The number of rotatable bonds is 2. The second kappa shape index (κ2) is 3.42. The Hall–Kier alpha value is -1.59. The van der Waals surface area contributed by atoms with Gasteiger partial charge in [0.25, 0.3) is 6.43 Å². The van der Waals surface area contributed by atoms with E-state index in [1.165, 1.54) is 0 Å². The second-order valence-electron chi connectivity index (χ2n) is 2.25. The topological polar surface area (TPSA) is 56.0 Å². The summed E-state index contributed by atoms with van der Waals surface area (Å²) in [5.74, 6) is -1.28. The first-order valence-electron chi connectivity index (χ1n) is 3.25. The molecule has 0 aliphatic rings. The van der Waals surface area contributed by atoms with E-state index in [2.05, 4.69) is 4.98 Å². The van der Waals surface area contributed by atoms with Crippen molar-refractivity contribution in [3.8, 4) is 0 Å². The minimum atomic E-state index is -3.08. The average molecular weight is 190 g/mol. The maximum atomic E-state index is 12.8. The number of nitrogens with zero attached hydrogens (tertiary/aromatic N) is 1. The van der Waals surface area contributed by atoms with E-state index in [1.54, 1.807) is 0 Å². The second-order valence-corrected chi connectivity index (χ2v) is 2.25. The van der Waals surface area contributed by atoms with Gasteiger partial charge in [0.1, 0.15) is 11.4 Å². The Morgan fingerprint density at radius 1 is 1.54 bits per heavy atom. The highest BCUT2D eigenvalue weighted by molar-refractivity contribution is 5.73. The van der Waals surface area contributed by atoms with Gasteiger partial charge in [-0.3, -0.25) is 4.79 Å². The van der Waals surface area contributed by atoms with Gasteiger partial charge < -0.3 is 5.73 Å².